The van der Waals surface area contributed by atoms with Crippen LogP contribution in [0, 0.1) is 0 Å². The fourth-order valence-corrected chi connectivity index (χ4v) is 3.84. The first-order valence-electron chi connectivity index (χ1n) is 7.31. The maximum atomic E-state index is 9.48. The van der Waals surface area contributed by atoms with Crippen LogP contribution in [0.25, 0.3) is 10.9 Å². The Morgan fingerprint density at radius 2 is 1.90 bits per heavy atom. The van der Waals surface area contributed by atoms with E-state index in [9.17, 15) is 5.11 Å². The molecule has 0 saturated carbocycles. The molecular weight excluding hydrogens is 326 g/mol. The van der Waals surface area contributed by atoms with Crippen molar-refractivity contribution < 1.29 is 5.11 Å². The lowest BCUT2D eigenvalue weighted by Gasteiger charge is -2.23. The normalized spacial score (nSPS) is 17.9. The number of halogens is 1. The quantitative estimate of drug-likeness (QED) is 0.634. The van der Waals surface area contributed by atoms with E-state index in [1.807, 2.05) is 12.1 Å². The van der Waals surface area contributed by atoms with Crippen molar-refractivity contribution in [1.82, 2.24) is 4.98 Å². The van der Waals surface area contributed by atoms with E-state index < -0.39 is 0 Å². The number of aromatic amines is 1. The van der Waals surface area contributed by atoms with Crippen LogP contribution in [0.1, 0.15) is 35.6 Å². The molecule has 0 spiro atoms. The second-order valence-electron chi connectivity index (χ2n) is 5.74. The van der Waals surface area contributed by atoms with Crippen LogP contribution in [0.5, 0.6) is 5.75 Å². The van der Waals surface area contributed by atoms with Crippen molar-refractivity contribution in [3.05, 3.63) is 63.8 Å². The maximum Gasteiger partial charge on any atom is 0.115 e. The van der Waals surface area contributed by atoms with Crippen LogP contribution in [0.3, 0.4) is 0 Å². The lowest BCUT2D eigenvalue weighted by atomic mass is 9.82. The molecule has 2 N–H and O–H groups in total. The topological polar surface area (TPSA) is 36.0 Å². The highest BCUT2D eigenvalue weighted by Crippen LogP contribution is 2.40. The predicted molar refractivity (Wildman–Crippen MR) is 88.9 cm³/mol. The fourth-order valence-electron chi connectivity index (χ4n) is 3.47. The standard InChI is InChI=1S/C18H16BrNO/c19-12-6-9-17-16(10-12)15-3-1-2-14(18(15)20-17)11-4-7-13(21)8-5-11/h4-10,14,20-21H,1-3H2. The monoisotopic (exact) mass is 341 g/mol. The third-order valence-corrected chi connectivity index (χ3v) is 4.96. The zero-order chi connectivity index (χ0) is 14.4. The molecule has 2 aromatic carbocycles. The number of aromatic nitrogens is 1. The minimum Gasteiger partial charge on any atom is -0.508 e. The smallest absolute Gasteiger partial charge is 0.115 e. The van der Waals surface area contributed by atoms with Gasteiger partial charge in [0.05, 0.1) is 0 Å². The van der Waals surface area contributed by atoms with E-state index >= 15 is 0 Å². The number of hydrogen-bond acceptors (Lipinski definition) is 1. The molecule has 0 saturated heterocycles. The Morgan fingerprint density at radius 1 is 1.10 bits per heavy atom. The molecule has 0 amide bonds. The molecule has 1 unspecified atom stereocenters. The predicted octanol–water partition coefficient (Wildman–Crippen LogP) is 5.10. The molecule has 1 aliphatic carbocycles. The molecule has 3 aromatic rings. The Labute approximate surface area is 131 Å². The van der Waals surface area contributed by atoms with Gasteiger partial charge in [0.25, 0.3) is 0 Å². The van der Waals surface area contributed by atoms with Crippen molar-refractivity contribution in [3.8, 4) is 5.75 Å². The molecule has 106 valence electrons. The number of phenolic OH excluding ortho intramolecular Hbond substituents is 1. The number of H-pyrrole nitrogens is 1. The lowest BCUT2D eigenvalue weighted by Crippen LogP contribution is -2.10. The summed E-state index contributed by atoms with van der Waals surface area (Å²) in [5, 5.41) is 10.8. The Morgan fingerprint density at radius 3 is 2.71 bits per heavy atom. The van der Waals surface area contributed by atoms with Gasteiger partial charge in [0.15, 0.2) is 0 Å². The van der Waals surface area contributed by atoms with Crippen LogP contribution in [-0.4, -0.2) is 10.1 Å². The molecule has 0 bridgehead atoms. The third-order valence-electron chi connectivity index (χ3n) is 4.46. The highest BCUT2D eigenvalue weighted by Gasteiger charge is 2.25. The van der Waals surface area contributed by atoms with Crippen LogP contribution < -0.4 is 0 Å². The second-order valence-corrected chi connectivity index (χ2v) is 6.66. The number of fused-ring (bicyclic) bond motifs is 3. The summed E-state index contributed by atoms with van der Waals surface area (Å²) in [4.78, 5) is 3.62. The van der Waals surface area contributed by atoms with Gasteiger partial charge < -0.3 is 10.1 Å². The average molecular weight is 342 g/mol. The zero-order valence-corrected chi connectivity index (χ0v) is 13.2. The second kappa shape index (κ2) is 4.92. The Balaban J connectivity index is 1.88. The van der Waals surface area contributed by atoms with Gasteiger partial charge in [0, 0.05) is 27.0 Å². The van der Waals surface area contributed by atoms with Gasteiger partial charge in [-0.15, -0.1) is 0 Å². The molecule has 0 aliphatic heterocycles. The first-order chi connectivity index (χ1) is 10.2. The van der Waals surface area contributed by atoms with Gasteiger partial charge in [-0.2, -0.15) is 0 Å². The summed E-state index contributed by atoms with van der Waals surface area (Å²) in [5.41, 5.74) is 5.30. The molecule has 1 heterocycles. The van der Waals surface area contributed by atoms with Crippen LogP contribution in [0.2, 0.25) is 0 Å². The first-order valence-corrected chi connectivity index (χ1v) is 8.10. The summed E-state index contributed by atoms with van der Waals surface area (Å²) < 4.78 is 1.13. The third kappa shape index (κ3) is 2.16. The Kier molecular flexibility index (Phi) is 3.03. The molecule has 0 fully saturated rings. The van der Waals surface area contributed by atoms with Gasteiger partial charge in [-0.05, 0) is 60.7 Å². The number of benzene rings is 2. The van der Waals surface area contributed by atoms with Crippen LogP contribution in [0.4, 0.5) is 0 Å². The highest BCUT2D eigenvalue weighted by atomic mass is 79.9. The number of rotatable bonds is 1. The zero-order valence-electron chi connectivity index (χ0n) is 11.6. The van der Waals surface area contributed by atoms with Gasteiger partial charge in [0.1, 0.15) is 5.75 Å². The maximum absolute atomic E-state index is 9.48. The lowest BCUT2D eigenvalue weighted by molar-refractivity contribution is 0.474. The van der Waals surface area contributed by atoms with E-state index in [4.69, 9.17) is 0 Å². The number of aromatic hydroxyl groups is 1. The fraction of sp³-hybridized carbons (Fsp3) is 0.222. The largest absolute Gasteiger partial charge is 0.508 e. The van der Waals surface area contributed by atoms with Crippen molar-refractivity contribution in [2.24, 2.45) is 0 Å². The van der Waals surface area contributed by atoms with Crippen LogP contribution >= 0.6 is 15.9 Å². The van der Waals surface area contributed by atoms with E-state index in [0.717, 1.165) is 17.3 Å². The van der Waals surface area contributed by atoms with Gasteiger partial charge in [0.2, 0.25) is 0 Å². The number of phenols is 1. The van der Waals surface area contributed by atoms with Crippen molar-refractivity contribution in [2.45, 2.75) is 25.2 Å². The van der Waals surface area contributed by atoms with Gasteiger partial charge in [-0.1, -0.05) is 28.1 Å². The molecule has 2 nitrogen and oxygen atoms in total. The number of nitrogens with one attached hydrogen (secondary N) is 1. The average Bonchev–Trinajstić information content (AvgIpc) is 2.86. The van der Waals surface area contributed by atoms with Crippen molar-refractivity contribution in [3.63, 3.8) is 0 Å². The van der Waals surface area contributed by atoms with Gasteiger partial charge in [-0.25, -0.2) is 0 Å². The summed E-state index contributed by atoms with van der Waals surface area (Å²) >= 11 is 3.57. The summed E-state index contributed by atoms with van der Waals surface area (Å²) in [6, 6.07) is 14.1. The molecule has 1 aliphatic rings. The summed E-state index contributed by atoms with van der Waals surface area (Å²) in [6.45, 7) is 0. The number of aryl methyl sites for hydroxylation is 1. The van der Waals surface area contributed by atoms with E-state index in [2.05, 4.69) is 39.1 Å². The Bertz CT molecular complexity index is 804. The SMILES string of the molecule is Oc1ccc(C2CCCc3c2[nH]c2ccc(Br)cc32)cc1. The number of hydrogen-bond donors (Lipinski definition) is 2. The minimum absolute atomic E-state index is 0.329. The minimum atomic E-state index is 0.329. The molecule has 4 rings (SSSR count). The van der Waals surface area contributed by atoms with Crippen LogP contribution in [-0.2, 0) is 6.42 Å². The molecule has 3 heteroatoms. The van der Waals surface area contributed by atoms with E-state index in [1.165, 1.54) is 34.1 Å². The van der Waals surface area contributed by atoms with E-state index in [1.54, 1.807) is 12.1 Å². The summed E-state index contributed by atoms with van der Waals surface area (Å²) in [6.07, 6.45) is 3.50. The highest BCUT2D eigenvalue weighted by molar-refractivity contribution is 9.10. The van der Waals surface area contributed by atoms with E-state index in [-0.39, 0.29) is 0 Å². The molecule has 21 heavy (non-hydrogen) atoms. The molecule has 1 atom stereocenters. The molecular formula is C18H16BrNO. The molecule has 0 radical (unpaired) electrons. The Hall–Kier alpha value is -1.74. The van der Waals surface area contributed by atoms with Gasteiger partial charge >= 0.3 is 0 Å². The van der Waals surface area contributed by atoms with E-state index in [0.29, 0.717) is 11.7 Å². The summed E-state index contributed by atoms with van der Waals surface area (Å²) in [7, 11) is 0. The molecule has 1 aromatic heterocycles. The van der Waals surface area contributed by atoms with Crippen molar-refractivity contribution >= 4 is 26.8 Å². The van der Waals surface area contributed by atoms with Crippen molar-refractivity contribution in [1.29, 1.82) is 0 Å². The van der Waals surface area contributed by atoms with Crippen molar-refractivity contribution in [2.75, 3.05) is 0 Å². The van der Waals surface area contributed by atoms with Crippen LogP contribution in [0.15, 0.2) is 46.9 Å². The summed E-state index contributed by atoms with van der Waals surface area (Å²) in [5.74, 6) is 0.732. The van der Waals surface area contributed by atoms with Gasteiger partial charge in [-0.3, -0.25) is 0 Å². The first kappa shape index (κ1) is 13.0.